The maximum Gasteiger partial charge on any atom is 1.00 e. The van der Waals surface area contributed by atoms with E-state index in [1.54, 1.807) is 0 Å². The molecule has 0 spiro atoms. The van der Waals surface area contributed by atoms with Crippen molar-refractivity contribution < 1.29 is 28.4 Å². The molecule has 0 atom stereocenters. The molecular formula is C22H28LiO2P. The Bertz CT molecular complexity index is 739. The fraction of sp³-hybridized carbons (Fsp3) is 0.409. The minimum Gasteiger partial charge on any atom is -0.494 e. The van der Waals surface area contributed by atoms with Gasteiger partial charge in [-0.05, 0) is 74.1 Å². The molecule has 2 nitrogen and oxygen atoms in total. The van der Waals surface area contributed by atoms with Gasteiger partial charge in [0.15, 0.2) is 0 Å². The summed E-state index contributed by atoms with van der Waals surface area (Å²) in [6.07, 6.45) is 3.47. The van der Waals surface area contributed by atoms with Crippen LogP contribution in [-0.4, -0.2) is 12.1 Å². The van der Waals surface area contributed by atoms with Crippen LogP contribution in [0.4, 0.5) is 0 Å². The molecular weight excluding hydrogens is 334 g/mol. The fourth-order valence-electron chi connectivity index (χ4n) is 2.95. The van der Waals surface area contributed by atoms with Crippen molar-refractivity contribution in [2.45, 2.75) is 53.9 Å². The first-order valence-corrected chi connectivity index (χ1v) is 9.89. The van der Waals surface area contributed by atoms with Crippen molar-refractivity contribution >= 4 is 19.4 Å². The molecule has 0 N–H and O–H groups in total. The number of benzene rings is 2. The van der Waals surface area contributed by atoms with Gasteiger partial charge in [-0.15, -0.1) is 0 Å². The van der Waals surface area contributed by atoms with Crippen LogP contribution in [0.1, 0.15) is 58.8 Å². The van der Waals surface area contributed by atoms with Crippen LogP contribution in [0.3, 0.4) is 0 Å². The Morgan fingerprint density at radius 3 is 2.23 bits per heavy atom. The molecule has 0 aromatic heterocycles. The third-order valence-electron chi connectivity index (χ3n) is 4.65. The summed E-state index contributed by atoms with van der Waals surface area (Å²) in [4.78, 5) is 12.8. The van der Waals surface area contributed by atoms with E-state index >= 15 is 0 Å². The van der Waals surface area contributed by atoms with Crippen LogP contribution in [0.15, 0.2) is 30.3 Å². The maximum absolute atomic E-state index is 12.8. The molecule has 2 aromatic carbocycles. The predicted molar refractivity (Wildman–Crippen MR) is 108 cm³/mol. The van der Waals surface area contributed by atoms with Crippen molar-refractivity contribution in [3.63, 3.8) is 0 Å². The zero-order valence-electron chi connectivity index (χ0n) is 17.0. The second-order valence-electron chi connectivity index (χ2n) is 6.60. The van der Waals surface area contributed by atoms with Crippen LogP contribution < -0.4 is 28.9 Å². The average Bonchev–Trinajstić information content (AvgIpc) is 2.58. The van der Waals surface area contributed by atoms with E-state index in [9.17, 15) is 4.79 Å². The number of carbonyl (C=O) groups excluding carboxylic acids is 1. The minimum atomic E-state index is 0. The number of ether oxygens (including phenoxy) is 1. The Morgan fingerprint density at radius 1 is 0.962 bits per heavy atom. The second kappa shape index (κ2) is 10.9. The SMILES string of the molecule is CCCCCOc1ccc([P-]C(=O)c2c(C)cc(C)c(C)c2C)cc1.[Li+]. The third-order valence-corrected chi connectivity index (χ3v) is 5.64. The van der Waals surface area contributed by atoms with Crippen molar-refractivity contribution in [1.29, 1.82) is 0 Å². The molecule has 0 unspecified atom stereocenters. The van der Waals surface area contributed by atoms with Gasteiger partial charge in [0.2, 0.25) is 0 Å². The van der Waals surface area contributed by atoms with Crippen LogP contribution in [-0.2, 0) is 0 Å². The quantitative estimate of drug-likeness (QED) is 0.410. The molecule has 134 valence electrons. The summed E-state index contributed by atoms with van der Waals surface area (Å²) in [5.41, 5.74) is 5.65. The van der Waals surface area contributed by atoms with Crippen molar-refractivity contribution in [2.24, 2.45) is 0 Å². The number of unbranched alkanes of at least 4 members (excludes halogenated alkanes) is 2. The first kappa shape index (κ1) is 23.0. The van der Waals surface area contributed by atoms with E-state index in [1.165, 1.54) is 24.0 Å². The number of hydrogen-bond donors (Lipinski definition) is 0. The van der Waals surface area contributed by atoms with E-state index in [0.717, 1.165) is 40.8 Å². The molecule has 2 aromatic rings. The molecule has 0 heterocycles. The summed E-state index contributed by atoms with van der Waals surface area (Å²) in [5, 5.41) is 1.00. The molecule has 0 saturated heterocycles. The summed E-state index contributed by atoms with van der Waals surface area (Å²) in [6, 6.07) is 10.0. The van der Waals surface area contributed by atoms with Crippen molar-refractivity contribution in [1.82, 2.24) is 0 Å². The van der Waals surface area contributed by atoms with Gasteiger partial charge in [-0.2, -0.15) is 5.30 Å². The van der Waals surface area contributed by atoms with E-state index in [2.05, 4.69) is 26.8 Å². The average molecular weight is 362 g/mol. The van der Waals surface area contributed by atoms with Crippen molar-refractivity contribution in [3.8, 4) is 5.75 Å². The molecule has 0 amide bonds. The molecule has 0 fully saturated rings. The number of rotatable bonds is 8. The molecule has 2 rings (SSSR count). The summed E-state index contributed by atoms with van der Waals surface area (Å²) in [5.74, 6) is 0.876. The Hall–Kier alpha value is -1.06. The van der Waals surface area contributed by atoms with Gasteiger partial charge in [-0.25, -0.2) is 0 Å². The molecule has 0 aliphatic rings. The smallest absolute Gasteiger partial charge is 0.494 e. The van der Waals surface area contributed by atoms with Gasteiger partial charge in [0.25, 0.3) is 0 Å². The maximum atomic E-state index is 12.8. The largest absolute Gasteiger partial charge is 1.00 e. The van der Waals surface area contributed by atoms with E-state index in [1.807, 2.05) is 38.1 Å². The topological polar surface area (TPSA) is 26.3 Å². The molecule has 4 heteroatoms. The standard InChI is InChI=1S/C22H28O2P.Li/c1-6-7-8-13-24-19-9-11-20(12-10-19)25-22(23)21-16(3)14-15(2)17(4)18(21)5;/h9-12,14H,6-8,13H2,1-5H3;/q-1;+1. The molecule has 0 saturated carbocycles. The molecule has 26 heavy (non-hydrogen) atoms. The van der Waals surface area contributed by atoms with E-state index in [4.69, 9.17) is 4.74 Å². The van der Waals surface area contributed by atoms with Crippen molar-refractivity contribution in [3.05, 3.63) is 58.1 Å². The van der Waals surface area contributed by atoms with E-state index in [0.29, 0.717) is 8.58 Å². The van der Waals surface area contributed by atoms with Gasteiger partial charge in [-0.1, -0.05) is 38.0 Å². The minimum absolute atomic E-state index is 0. The Kier molecular flexibility index (Phi) is 9.66. The van der Waals surface area contributed by atoms with Gasteiger partial charge < -0.3 is 18.1 Å². The molecule has 0 radical (unpaired) electrons. The third kappa shape index (κ3) is 5.99. The van der Waals surface area contributed by atoms with E-state index in [-0.39, 0.29) is 24.4 Å². The number of aryl methyl sites for hydroxylation is 2. The number of carbonyl (C=O) groups is 1. The Labute approximate surface area is 172 Å². The first-order valence-electron chi connectivity index (χ1n) is 9.00. The molecule has 0 bridgehead atoms. The zero-order valence-corrected chi connectivity index (χ0v) is 17.9. The van der Waals surface area contributed by atoms with Crippen LogP contribution in [0.2, 0.25) is 0 Å². The predicted octanol–water partition coefficient (Wildman–Crippen LogP) is 2.91. The fourth-order valence-corrected chi connectivity index (χ4v) is 3.93. The van der Waals surface area contributed by atoms with Crippen LogP contribution in [0.25, 0.3) is 0 Å². The number of hydrogen-bond acceptors (Lipinski definition) is 2. The van der Waals surface area contributed by atoms with Gasteiger partial charge in [0.05, 0.1) is 6.61 Å². The van der Waals surface area contributed by atoms with Crippen LogP contribution >= 0.6 is 8.58 Å². The normalized spacial score (nSPS) is 10.8. The molecule has 0 aliphatic carbocycles. The van der Waals surface area contributed by atoms with Crippen LogP contribution in [0.5, 0.6) is 5.75 Å². The second-order valence-corrected chi connectivity index (χ2v) is 7.75. The van der Waals surface area contributed by atoms with Gasteiger partial charge in [0.1, 0.15) is 5.75 Å². The van der Waals surface area contributed by atoms with E-state index < -0.39 is 0 Å². The van der Waals surface area contributed by atoms with Gasteiger partial charge in [-0.3, -0.25) is 0 Å². The molecule has 0 aliphatic heterocycles. The summed E-state index contributed by atoms with van der Waals surface area (Å²) >= 11 is 0. The van der Waals surface area contributed by atoms with Gasteiger partial charge in [0, 0.05) is 5.52 Å². The Balaban J connectivity index is 0.00000338. The summed E-state index contributed by atoms with van der Waals surface area (Å²) in [7, 11) is 0.716. The van der Waals surface area contributed by atoms with Gasteiger partial charge >= 0.3 is 18.9 Å². The van der Waals surface area contributed by atoms with Crippen molar-refractivity contribution in [2.75, 3.05) is 6.61 Å². The first-order chi connectivity index (χ1) is 11.9. The summed E-state index contributed by atoms with van der Waals surface area (Å²) in [6.45, 7) is 11.2. The summed E-state index contributed by atoms with van der Waals surface area (Å²) < 4.78 is 5.73. The monoisotopic (exact) mass is 362 g/mol. The zero-order chi connectivity index (χ0) is 18.4. The Morgan fingerprint density at radius 2 is 1.62 bits per heavy atom. The van der Waals surface area contributed by atoms with Crippen LogP contribution in [0, 0.1) is 27.7 Å².